The SMILES string of the molecule is Cc1c(C(=O)N(C)C2CCS(=O)(=O)C2)oc2ccccc12. The molecule has 0 radical (unpaired) electrons. The van der Waals surface area contributed by atoms with E-state index >= 15 is 0 Å². The Kier molecular flexibility index (Phi) is 3.28. The molecule has 3 rings (SSSR count). The van der Waals surface area contributed by atoms with Crippen molar-refractivity contribution in [3.05, 3.63) is 35.6 Å². The van der Waals surface area contributed by atoms with Gasteiger partial charge in [0.25, 0.3) is 5.91 Å². The fourth-order valence-corrected chi connectivity index (χ4v) is 4.56. The second-order valence-corrected chi connectivity index (χ2v) is 7.75. The molecular weight excluding hydrogens is 290 g/mol. The maximum absolute atomic E-state index is 12.6. The fourth-order valence-electron chi connectivity index (χ4n) is 2.79. The van der Waals surface area contributed by atoms with E-state index in [4.69, 9.17) is 4.42 Å². The maximum Gasteiger partial charge on any atom is 0.289 e. The van der Waals surface area contributed by atoms with Crippen LogP contribution in [-0.4, -0.2) is 43.8 Å². The molecule has 1 fully saturated rings. The Morgan fingerprint density at radius 2 is 2.05 bits per heavy atom. The van der Waals surface area contributed by atoms with Gasteiger partial charge in [-0.3, -0.25) is 4.79 Å². The molecule has 1 saturated heterocycles. The van der Waals surface area contributed by atoms with Crippen LogP contribution in [-0.2, 0) is 9.84 Å². The number of furan rings is 1. The first-order chi connectivity index (χ1) is 9.89. The smallest absolute Gasteiger partial charge is 0.289 e. The number of carbonyl (C=O) groups excluding carboxylic acids is 1. The molecular formula is C15H17NO4S. The Labute approximate surface area is 123 Å². The lowest BCUT2D eigenvalue weighted by atomic mass is 10.1. The normalized spacial score (nSPS) is 20.8. The third kappa shape index (κ3) is 2.44. The number of amides is 1. The first kappa shape index (κ1) is 14.1. The second kappa shape index (κ2) is 4.87. The average Bonchev–Trinajstić information content (AvgIpc) is 2.98. The minimum Gasteiger partial charge on any atom is -0.451 e. The van der Waals surface area contributed by atoms with Crippen molar-refractivity contribution in [1.29, 1.82) is 0 Å². The number of sulfone groups is 1. The monoisotopic (exact) mass is 307 g/mol. The third-order valence-electron chi connectivity index (χ3n) is 4.11. The lowest BCUT2D eigenvalue weighted by molar-refractivity contribution is 0.0717. The Bertz CT molecular complexity index is 806. The van der Waals surface area contributed by atoms with E-state index in [2.05, 4.69) is 0 Å². The van der Waals surface area contributed by atoms with E-state index in [-0.39, 0.29) is 23.5 Å². The molecule has 1 amide bonds. The number of hydrogen-bond donors (Lipinski definition) is 0. The van der Waals surface area contributed by atoms with Gasteiger partial charge >= 0.3 is 0 Å². The average molecular weight is 307 g/mol. The zero-order chi connectivity index (χ0) is 15.2. The quantitative estimate of drug-likeness (QED) is 0.851. The summed E-state index contributed by atoms with van der Waals surface area (Å²) in [5, 5.41) is 0.910. The van der Waals surface area contributed by atoms with Crippen molar-refractivity contribution in [2.75, 3.05) is 18.6 Å². The highest BCUT2D eigenvalue weighted by Crippen LogP contribution is 2.27. The molecule has 0 bridgehead atoms. The number of hydrogen-bond acceptors (Lipinski definition) is 4. The predicted molar refractivity (Wildman–Crippen MR) is 80.1 cm³/mol. The van der Waals surface area contributed by atoms with E-state index in [0.717, 1.165) is 10.9 Å². The van der Waals surface area contributed by atoms with Crippen LogP contribution in [0.4, 0.5) is 0 Å². The van der Waals surface area contributed by atoms with Crippen molar-refractivity contribution in [2.24, 2.45) is 0 Å². The van der Waals surface area contributed by atoms with Crippen molar-refractivity contribution in [3.8, 4) is 0 Å². The number of aryl methyl sites for hydroxylation is 1. The van der Waals surface area contributed by atoms with Gasteiger partial charge in [0, 0.05) is 24.0 Å². The molecule has 112 valence electrons. The molecule has 1 aromatic carbocycles. The van der Waals surface area contributed by atoms with Crippen molar-refractivity contribution in [3.63, 3.8) is 0 Å². The van der Waals surface area contributed by atoms with Crippen molar-refractivity contribution in [2.45, 2.75) is 19.4 Å². The van der Waals surface area contributed by atoms with E-state index in [9.17, 15) is 13.2 Å². The van der Waals surface area contributed by atoms with Crippen LogP contribution in [0, 0.1) is 6.92 Å². The van der Waals surface area contributed by atoms with Gasteiger partial charge in [-0.05, 0) is 19.4 Å². The topological polar surface area (TPSA) is 67.6 Å². The van der Waals surface area contributed by atoms with Crippen molar-refractivity contribution >= 4 is 26.7 Å². The number of nitrogens with zero attached hydrogens (tertiary/aromatic N) is 1. The van der Waals surface area contributed by atoms with Gasteiger partial charge in [0.2, 0.25) is 0 Å². The second-order valence-electron chi connectivity index (χ2n) is 5.53. The summed E-state index contributed by atoms with van der Waals surface area (Å²) in [6.07, 6.45) is 0.490. The van der Waals surface area contributed by atoms with Crippen molar-refractivity contribution < 1.29 is 17.6 Å². The number of carbonyl (C=O) groups is 1. The molecule has 0 saturated carbocycles. The third-order valence-corrected chi connectivity index (χ3v) is 5.86. The molecule has 21 heavy (non-hydrogen) atoms. The maximum atomic E-state index is 12.6. The predicted octanol–water partition coefficient (Wildman–Crippen LogP) is 2.00. The minimum absolute atomic E-state index is 0.0362. The number of fused-ring (bicyclic) bond motifs is 1. The molecule has 0 spiro atoms. The lowest BCUT2D eigenvalue weighted by Gasteiger charge is -2.22. The molecule has 0 N–H and O–H groups in total. The van der Waals surface area contributed by atoms with Crippen LogP contribution in [0.1, 0.15) is 22.5 Å². The molecule has 2 aromatic rings. The van der Waals surface area contributed by atoms with Gasteiger partial charge < -0.3 is 9.32 Å². The minimum atomic E-state index is -3.02. The first-order valence-corrected chi connectivity index (χ1v) is 8.67. The van der Waals surface area contributed by atoms with E-state index < -0.39 is 9.84 Å². The van der Waals surface area contributed by atoms with E-state index in [1.165, 1.54) is 4.90 Å². The summed E-state index contributed by atoms with van der Waals surface area (Å²) in [6, 6.07) is 7.21. The van der Waals surface area contributed by atoms with Gasteiger partial charge in [0.15, 0.2) is 15.6 Å². The van der Waals surface area contributed by atoms with E-state index in [1.54, 1.807) is 7.05 Å². The highest BCUT2D eigenvalue weighted by molar-refractivity contribution is 7.91. The summed E-state index contributed by atoms with van der Waals surface area (Å²) in [5.41, 5.74) is 1.47. The molecule has 1 unspecified atom stereocenters. The molecule has 2 heterocycles. The van der Waals surface area contributed by atoms with Crippen LogP contribution in [0.5, 0.6) is 0 Å². The zero-order valence-electron chi connectivity index (χ0n) is 12.0. The van der Waals surface area contributed by atoms with Crippen LogP contribution in [0.3, 0.4) is 0 Å². The molecule has 1 aromatic heterocycles. The molecule has 1 atom stereocenters. The van der Waals surface area contributed by atoms with Crippen LogP contribution in [0.25, 0.3) is 11.0 Å². The summed E-state index contributed by atoms with van der Waals surface area (Å²) < 4.78 is 28.8. The van der Waals surface area contributed by atoms with Gasteiger partial charge in [-0.15, -0.1) is 0 Å². The largest absolute Gasteiger partial charge is 0.451 e. The summed E-state index contributed by atoms with van der Waals surface area (Å²) in [4.78, 5) is 14.1. The molecule has 1 aliphatic heterocycles. The van der Waals surface area contributed by atoms with Crippen molar-refractivity contribution in [1.82, 2.24) is 4.90 Å². The van der Waals surface area contributed by atoms with Gasteiger partial charge in [-0.2, -0.15) is 0 Å². The van der Waals surface area contributed by atoms with E-state index in [1.807, 2.05) is 31.2 Å². The molecule has 5 nitrogen and oxygen atoms in total. The Morgan fingerprint density at radius 1 is 1.33 bits per heavy atom. The van der Waals surface area contributed by atoms with Crippen LogP contribution < -0.4 is 0 Å². The molecule has 1 aliphatic rings. The summed E-state index contributed by atoms with van der Waals surface area (Å²) in [5.74, 6) is 0.219. The van der Waals surface area contributed by atoms with Gasteiger partial charge in [0.1, 0.15) is 5.58 Å². The fraction of sp³-hybridized carbons (Fsp3) is 0.400. The Morgan fingerprint density at radius 3 is 2.67 bits per heavy atom. The summed E-state index contributed by atoms with van der Waals surface area (Å²) >= 11 is 0. The number of rotatable bonds is 2. The summed E-state index contributed by atoms with van der Waals surface area (Å²) in [7, 11) is -1.38. The van der Waals surface area contributed by atoms with Crippen LogP contribution >= 0.6 is 0 Å². The number of para-hydroxylation sites is 1. The van der Waals surface area contributed by atoms with E-state index in [0.29, 0.717) is 17.8 Å². The first-order valence-electron chi connectivity index (χ1n) is 6.85. The summed E-state index contributed by atoms with van der Waals surface area (Å²) in [6.45, 7) is 1.85. The molecule has 6 heteroatoms. The Hall–Kier alpha value is -1.82. The lowest BCUT2D eigenvalue weighted by Crippen LogP contribution is -2.37. The number of benzene rings is 1. The standard InChI is InChI=1S/C15H17NO4S/c1-10-12-5-3-4-6-13(12)20-14(10)15(17)16(2)11-7-8-21(18,19)9-11/h3-6,11H,7-9H2,1-2H3. The molecule has 0 aliphatic carbocycles. The Balaban J connectivity index is 1.92. The van der Waals surface area contributed by atoms with Gasteiger partial charge in [-0.1, -0.05) is 18.2 Å². The van der Waals surface area contributed by atoms with Crippen LogP contribution in [0.15, 0.2) is 28.7 Å². The highest BCUT2D eigenvalue weighted by Gasteiger charge is 2.34. The van der Waals surface area contributed by atoms with Gasteiger partial charge in [-0.25, -0.2) is 8.42 Å². The highest BCUT2D eigenvalue weighted by atomic mass is 32.2. The van der Waals surface area contributed by atoms with Crippen LogP contribution in [0.2, 0.25) is 0 Å². The zero-order valence-corrected chi connectivity index (χ0v) is 12.8. The van der Waals surface area contributed by atoms with Gasteiger partial charge in [0.05, 0.1) is 11.5 Å².